The third-order valence-electron chi connectivity index (χ3n) is 4.26. The molecule has 4 N–H and O–H groups in total. The number of anilines is 1. The highest BCUT2D eigenvalue weighted by Gasteiger charge is 2.28. The lowest BCUT2D eigenvalue weighted by Gasteiger charge is -2.13. The molecule has 2 amide bonds. The van der Waals surface area contributed by atoms with Crippen LogP contribution in [-0.4, -0.2) is 62.3 Å². The Bertz CT molecular complexity index is 952. The van der Waals surface area contributed by atoms with Crippen molar-refractivity contribution in [2.75, 3.05) is 33.0 Å². The average molecular weight is 446 g/mol. The number of nitrogens with one attached hydrogen (secondary N) is 3. The largest absolute Gasteiger partial charge is 0.465 e. The summed E-state index contributed by atoms with van der Waals surface area (Å²) in [5.41, 5.74) is 2.43. The van der Waals surface area contributed by atoms with E-state index in [-0.39, 0.29) is 24.6 Å². The van der Waals surface area contributed by atoms with Crippen LogP contribution in [0.1, 0.15) is 31.8 Å². The van der Waals surface area contributed by atoms with Gasteiger partial charge in [-0.25, -0.2) is 9.18 Å². The number of carbonyl (C=O) groups is 4. The maximum Gasteiger partial charge on any atom is 0.404 e. The lowest BCUT2D eigenvalue weighted by atomic mass is 10.1. The summed E-state index contributed by atoms with van der Waals surface area (Å²) in [6.07, 6.45) is 0.177. The molecule has 0 atom stereocenters. The molecule has 1 aliphatic rings. The van der Waals surface area contributed by atoms with E-state index in [4.69, 9.17) is 5.11 Å². The third-order valence-corrected chi connectivity index (χ3v) is 4.26. The molecule has 0 bridgehead atoms. The minimum absolute atomic E-state index is 0.0138. The van der Waals surface area contributed by atoms with Crippen LogP contribution in [-0.2, 0) is 17.9 Å². The van der Waals surface area contributed by atoms with Gasteiger partial charge < -0.3 is 30.8 Å². The fourth-order valence-corrected chi connectivity index (χ4v) is 2.81. The van der Waals surface area contributed by atoms with E-state index in [9.17, 15) is 23.6 Å². The average Bonchev–Trinajstić information content (AvgIpc) is 3.10. The number of hydrogen-bond donors (Lipinski definition) is 4. The highest BCUT2D eigenvalue weighted by Crippen LogP contribution is 2.29. The molecule has 1 aliphatic heterocycles. The Hall–Kier alpha value is -3.79. The van der Waals surface area contributed by atoms with Crippen LogP contribution in [0.2, 0.25) is 0 Å². The molecule has 3 rings (SSSR count). The van der Waals surface area contributed by atoms with E-state index in [0.717, 1.165) is 5.56 Å². The molecule has 1 heterocycles. The van der Waals surface area contributed by atoms with Crippen LogP contribution in [0.5, 0.6) is 0 Å². The van der Waals surface area contributed by atoms with Gasteiger partial charge in [0, 0.05) is 42.5 Å². The fraction of sp³-hybridized carbons (Fsp3) is 0.273. The van der Waals surface area contributed by atoms with Crippen LogP contribution in [0.15, 0.2) is 36.4 Å². The maximum absolute atomic E-state index is 14.1. The topological polar surface area (TPSA) is 128 Å². The first-order valence-corrected chi connectivity index (χ1v) is 9.64. The number of amides is 2. The first-order valence-electron chi connectivity index (χ1n) is 9.64. The van der Waals surface area contributed by atoms with E-state index >= 15 is 0 Å². The van der Waals surface area contributed by atoms with Crippen molar-refractivity contribution in [2.24, 2.45) is 0 Å². The van der Waals surface area contributed by atoms with Gasteiger partial charge in [0.1, 0.15) is 12.1 Å². The van der Waals surface area contributed by atoms with Gasteiger partial charge >= 0.3 is 6.09 Å². The van der Waals surface area contributed by atoms with Crippen LogP contribution in [0, 0.1) is 5.82 Å². The third kappa shape index (κ3) is 7.17. The van der Waals surface area contributed by atoms with Crippen molar-refractivity contribution in [1.29, 1.82) is 0 Å². The zero-order valence-electron chi connectivity index (χ0n) is 18.1. The number of benzene rings is 2. The second-order valence-electron chi connectivity index (χ2n) is 6.53. The first kappa shape index (κ1) is 26.2. The van der Waals surface area contributed by atoms with E-state index < -0.39 is 11.9 Å². The minimum Gasteiger partial charge on any atom is -0.465 e. The molecule has 0 unspecified atom stereocenters. The van der Waals surface area contributed by atoms with Crippen molar-refractivity contribution in [1.82, 2.24) is 15.5 Å². The van der Waals surface area contributed by atoms with E-state index in [1.165, 1.54) is 18.0 Å². The zero-order valence-corrected chi connectivity index (χ0v) is 18.1. The normalized spacial score (nSPS) is 11.2. The zero-order chi connectivity index (χ0) is 24.1. The minimum atomic E-state index is -0.995. The maximum atomic E-state index is 14.1. The van der Waals surface area contributed by atoms with Gasteiger partial charge in [-0.1, -0.05) is 18.2 Å². The highest BCUT2D eigenvalue weighted by molar-refractivity contribution is 6.00. The van der Waals surface area contributed by atoms with Gasteiger partial charge in [-0.15, -0.1) is 0 Å². The summed E-state index contributed by atoms with van der Waals surface area (Å²) in [6, 6.07) is 9.89. The van der Waals surface area contributed by atoms with Gasteiger partial charge in [-0.3, -0.25) is 9.59 Å². The molecule has 2 aromatic rings. The molecule has 0 aliphatic carbocycles. The lowest BCUT2D eigenvalue weighted by Crippen LogP contribution is -2.25. The van der Waals surface area contributed by atoms with Gasteiger partial charge in [-0.2, -0.15) is 0 Å². The van der Waals surface area contributed by atoms with E-state index in [1.807, 2.05) is 19.4 Å². The van der Waals surface area contributed by atoms with Crippen LogP contribution >= 0.6 is 0 Å². The van der Waals surface area contributed by atoms with Gasteiger partial charge in [0.25, 0.3) is 5.91 Å². The SMILES string of the molecule is CNC.CNC(=O)O.O=CCN1Cc2c(NCc3cccc(C=O)c3F)cccc2C1=O. The number of rotatable bonds is 6. The number of carbonyl (C=O) groups excluding carboxylic acids is 3. The fourth-order valence-electron chi connectivity index (χ4n) is 2.81. The van der Waals surface area contributed by atoms with Crippen molar-refractivity contribution >= 4 is 30.3 Å². The molecule has 0 saturated heterocycles. The summed E-state index contributed by atoms with van der Waals surface area (Å²) in [4.78, 5) is 44.4. The van der Waals surface area contributed by atoms with Crippen molar-refractivity contribution in [3.05, 3.63) is 64.5 Å². The predicted molar refractivity (Wildman–Crippen MR) is 118 cm³/mol. The monoisotopic (exact) mass is 446 g/mol. The Morgan fingerprint density at radius 2 is 1.78 bits per heavy atom. The van der Waals surface area contributed by atoms with Crippen LogP contribution < -0.4 is 16.0 Å². The van der Waals surface area contributed by atoms with Crippen LogP contribution in [0.4, 0.5) is 14.9 Å². The second kappa shape index (κ2) is 13.5. The molecule has 32 heavy (non-hydrogen) atoms. The van der Waals surface area contributed by atoms with Gasteiger partial charge in [0.2, 0.25) is 0 Å². The van der Waals surface area contributed by atoms with Crippen molar-refractivity contribution in [3.63, 3.8) is 0 Å². The van der Waals surface area contributed by atoms with Crippen LogP contribution in [0.25, 0.3) is 0 Å². The molecule has 0 saturated carbocycles. The number of aldehydes is 2. The van der Waals surface area contributed by atoms with Crippen molar-refractivity contribution in [2.45, 2.75) is 13.1 Å². The molecule has 9 nitrogen and oxygen atoms in total. The lowest BCUT2D eigenvalue weighted by molar-refractivity contribution is -0.108. The Labute approximate surface area is 185 Å². The first-order chi connectivity index (χ1) is 15.3. The Balaban J connectivity index is 0.000000555. The number of fused-ring (bicyclic) bond motifs is 1. The quantitative estimate of drug-likeness (QED) is 0.501. The summed E-state index contributed by atoms with van der Waals surface area (Å²) in [6.45, 7) is 0.571. The van der Waals surface area contributed by atoms with Gasteiger partial charge in [-0.05, 0) is 32.3 Å². The number of halogens is 1. The highest BCUT2D eigenvalue weighted by atomic mass is 19.1. The molecule has 0 fully saturated rings. The Morgan fingerprint density at radius 1 is 1.16 bits per heavy atom. The number of carboxylic acid groups (broad SMARTS) is 1. The van der Waals surface area contributed by atoms with E-state index in [2.05, 4.69) is 10.6 Å². The van der Waals surface area contributed by atoms with Crippen molar-refractivity contribution < 1.29 is 28.7 Å². The molecule has 0 aromatic heterocycles. The Kier molecular flexibility index (Phi) is 11.1. The second-order valence-corrected chi connectivity index (χ2v) is 6.53. The molecular formula is C22H27FN4O5. The summed E-state index contributed by atoms with van der Waals surface area (Å²) in [5, 5.41) is 15.4. The van der Waals surface area contributed by atoms with E-state index in [1.54, 1.807) is 30.3 Å². The molecule has 0 spiro atoms. The number of hydrogen-bond acceptors (Lipinski definition) is 6. The molecule has 172 valence electrons. The molecule has 10 heteroatoms. The smallest absolute Gasteiger partial charge is 0.404 e. The predicted octanol–water partition coefficient (Wildman–Crippen LogP) is 2.12. The molecule has 0 radical (unpaired) electrons. The number of nitrogens with zero attached hydrogens (tertiary/aromatic N) is 1. The van der Waals surface area contributed by atoms with Gasteiger partial charge in [0.05, 0.1) is 12.1 Å². The molecular weight excluding hydrogens is 419 g/mol. The van der Waals surface area contributed by atoms with Crippen LogP contribution in [0.3, 0.4) is 0 Å². The Morgan fingerprint density at radius 3 is 2.34 bits per heavy atom. The van der Waals surface area contributed by atoms with E-state index in [0.29, 0.717) is 35.9 Å². The summed E-state index contributed by atoms with van der Waals surface area (Å²) < 4.78 is 14.1. The summed E-state index contributed by atoms with van der Waals surface area (Å²) in [5.74, 6) is -0.735. The summed E-state index contributed by atoms with van der Waals surface area (Å²) in [7, 11) is 5.10. The standard InChI is InChI=1S/C18H15FN2O3.C2H5NO2.C2H7N/c19-17-12(3-1-4-13(17)11-23)9-20-16-6-2-5-14-15(16)10-21(7-8-22)18(14)24;1-3-2(4)5;1-3-2/h1-6,8,11,20H,7,9-10H2;3H,1H3,(H,4,5);3H,1-2H3. The van der Waals surface area contributed by atoms with Gasteiger partial charge in [0.15, 0.2) is 6.29 Å². The summed E-state index contributed by atoms with van der Waals surface area (Å²) >= 11 is 0. The molecule has 2 aromatic carbocycles. The van der Waals surface area contributed by atoms with Crippen molar-refractivity contribution in [3.8, 4) is 0 Å².